The largest absolute Gasteiger partial charge is 0.384 e. The van der Waals surface area contributed by atoms with Crippen LogP contribution in [-0.2, 0) is 9.84 Å². The van der Waals surface area contributed by atoms with Crippen molar-refractivity contribution in [3.05, 3.63) is 22.3 Å². The smallest absolute Gasteiger partial charge is 0.255 e. The second-order valence-corrected chi connectivity index (χ2v) is 7.19. The molecule has 2 heterocycles. The normalized spacial score (nSPS) is 18.6. The molecule has 1 aliphatic heterocycles. The SMILES string of the molecule is Nc1cc(C(=O)N2CCS(=O)(=O)CC2)c(Br)cn1. The molecule has 2 rings (SSSR count). The summed E-state index contributed by atoms with van der Waals surface area (Å²) in [6.07, 6.45) is 1.46. The van der Waals surface area contributed by atoms with E-state index in [1.807, 2.05) is 0 Å². The third-order valence-corrected chi connectivity index (χ3v) is 4.98. The molecule has 1 saturated heterocycles. The molecule has 0 spiro atoms. The van der Waals surface area contributed by atoms with Crippen molar-refractivity contribution in [1.82, 2.24) is 9.88 Å². The molecular weight excluding hydrogens is 322 g/mol. The van der Waals surface area contributed by atoms with Crippen LogP contribution in [0.5, 0.6) is 0 Å². The molecule has 1 fully saturated rings. The zero-order valence-electron chi connectivity index (χ0n) is 9.47. The lowest BCUT2D eigenvalue weighted by molar-refractivity contribution is 0.0769. The van der Waals surface area contributed by atoms with Crippen molar-refractivity contribution >= 4 is 37.5 Å². The van der Waals surface area contributed by atoms with Crippen LogP contribution in [-0.4, -0.2) is 48.8 Å². The van der Waals surface area contributed by atoms with E-state index in [1.54, 1.807) is 0 Å². The van der Waals surface area contributed by atoms with Crippen LogP contribution < -0.4 is 5.73 Å². The number of nitrogens with two attached hydrogens (primary N) is 1. The number of amides is 1. The first-order valence-corrected chi connectivity index (χ1v) is 7.91. The molecule has 6 nitrogen and oxygen atoms in total. The summed E-state index contributed by atoms with van der Waals surface area (Å²) in [6, 6.07) is 1.48. The third-order valence-electron chi connectivity index (χ3n) is 2.74. The number of nitrogens with zero attached hydrogens (tertiary/aromatic N) is 2. The first-order chi connectivity index (χ1) is 8.39. The molecule has 1 aromatic heterocycles. The Morgan fingerprint density at radius 2 is 2.00 bits per heavy atom. The predicted molar refractivity (Wildman–Crippen MR) is 70.9 cm³/mol. The minimum Gasteiger partial charge on any atom is -0.384 e. The molecule has 0 aliphatic carbocycles. The average molecular weight is 334 g/mol. The number of aromatic nitrogens is 1. The first-order valence-electron chi connectivity index (χ1n) is 5.30. The van der Waals surface area contributed by atoms with Gasteiger partial charge in [0.15, 0.2) is 9.84 Å². The van der Waals surface area contributed by atoms with Crippen molar-refractivity contribution in [1.29, 1.82) is 0 Å². The number of pyridine rings is 1. The monoisotopic (exact) mass is 333 g/mol. The molecule has 1 aromatic rings. The molecule has 1 aliphatic rings. The molecule has 98 valence electrons. The van der Waals surface area contributed by atoms with E-state index in [9.17, 15) is 13.2 Å². The van der Waals surface area contributed by atoms with Crippen LogP contribution in [0.4, 0.5) is 5.82 Å². The number of hydrogen-bond donors (Lipinski definition) is 1. The topological polar surface area (TPSA) is 93.4 Å². The Balaban J connectivity index is 2.20. The standard InChI is InChI=1S/C10H12BrN3O3S/c11-8-6-13-9(12)5-7(8)10(15)14-1-3-18(16,17)4-2-14/h5-6H,1-4H2,(H2,12,13). The van der Waals surface area contributed by atoms with Crippen molar-refractivity contribution in [3.8, 4) is 0 Å². The predicted octanol–water partition coefficient (Wildman–Crippen LogP) is 0.297. The van der Waals surface area contributed by atoms with Crippen LogP contribution in [0.25, 0.3) is 0 Å². The molecular formula is C10H12BrN3O3S. The van der Waals surface area contributed by atoms with Crippen LogP contribution in [0.15, 0.2) is 16.7 Å². The minimum absolute atomic E-state index is 0.0108. The Kier molecular flexibility index (Phi) is 3.58. The number of rotatable bonds is 1. The maximum atomic E-state index is 12.2. The number of anilines is 1. The zero-order chi connectivity index (χ0) is 13.3. The molecule has 18 heavy (non-hydrogen) atoms. The summed E-state index contributed by atoms with van der Waals surface area (Å²) in [5.41, 5.74) is 5.94. The highest BCUT2D eigenvalue weighted by atomic mass is 79.9. The van der Waals surface area contributed by atoms with Gasteiger partial charge >= 0.3 is 0 Å². The molecule has 0 atom stereocenters. The molecule has 0 saturated carbocycles. The van der Waals surface area contributed by atoms with Gasteiger partial charge in [-0.15, -0.1) is 0 Å². The van der Waals surface area contributed by atoms with Gasteiger partial charge in [0, 0.05) is 23.8 Å². The quantitative estimate of drug-likeness (QED) is 0.797. The van der Waals surface area contributed by atoms with E-state index in [0.717, 1.165) is 0 Å². The van der Waals surface area contributed by atoms with Crippen LogP contribution in [0, 0.1) is 0 Å². The van der Waals surface area contributed by atoms with Gasteiger partial charge in [-0.25, -0.2) is 13.4 Å². The molecule has 0 radical (unpaired) electrons. The Bertz CT molecular complexity index is 574. The maximum Gasteiger partial charge on any atom is 0.255 e. The van der Waals surface area contributed by atoms with E-state index in [1.165, 1.54) is 17.2 Å². The summed E-state index contributed by atoms with van der Waals surface area (Å²) in [4.78, 5) is 17.6. The highest BCUT2D eigenvalue weighted by molar-refractivity contribution is 9.10. The second kappa shape index (κ2) is 4.85. The lowest BCUT2D eigenvalue weighted by atomic mass is 10.2. The maximum absolute atomic E-state index is 12.2. The summed E-state index contributed by atoms with van der Waals surface area (Å²) in [6.45, 7) is 0.436. The van der Waals surface area contributed by atoms with Gasteiger partial charge in [0.2, 0.25) is 0 Å². The van der Waals surface area contributed by atoms with E-state index in [0.29, 0.717) is 10.0 Å². The third kappa shape index (κ3) is 2.81. The zero-order valence-corrected chi connectivity index (χ0v) is 11.9. The first kappa shape index (κ1) is 13.3. The number of nitrogen functional groups attached to an aromatic ring is 1. The van der Waals surface area contributed by atoms with Gasteiger partial charge in [-0.3, -0.25) is 4.79 Å². The Labute approximate surface area is 113 Å². The average Bonchev–Trinajstić information content (AvgIpc) is 2.31. The van der Waals surface area contributed by atoms with E-state index in [2.05, 4.69) is 20.9 Å². The van der Waals surface area contributed by atoms with Crippen molar-refractivity contribution < 1.29 is 13.2 Å². The number of sulfone groups is 1. The summed E-state index contributed by atoms with van der Waals surface area (Å²) in [7, 11) is -2.99. The fourth-order valence-electron chi connectivity index (χ4n) is 1.70. The molecule has 8 heteroatoms. The van der Waals surface area contributed by atoms with Crippen molar-refractivity contribution in [3.63, 3.8) is 0 Å². The number of carbonyl (C=O) groups excluding carboxylic acids is 1. The fraction of sp³-hybridized carbons (Fsp3) is 0.400. The summed E-state index contributed by atoms with van der Waals surface area (Å²) in [5, 5.41) is 0. The van der Waals surface area contributed by atoms with Gasteiger partial charge in [-0.2, -0.15) is 0 Å². The van der Waals surface area contributed by atoms with Gasteiger partial charge in [0.1, 0.15) is 5.82 Å². The molecule has 0 aromatic carbocycles. The van der Waals surface area contributed by atoms with E-state index < -0.39 is 9.84 Å². The van der Waals surface area contributed by atoms with Crippen molar-refractivity contribution in [2.45, 2.75) is 0 Å². The van der Waals surface area contributed by atoms with E-state index >= 15 is 0 Å². The fourth-order valence-corrected chi connectivity index (χ4v) is 3.29. The van der Waals surface area contributed by atoms with Gasteiger partial charge < -0.3 is 10.6 Å². The summed E-state index contributed by atoms with van der Waals surface area (Å²) < 4.78 is 23.1. The van der Waals surface area contributed by atoms with Gasteiger partial charge in [-0.05, 0) is 22.0 Å². The van der Waals surface area contributed by atoms with Crippen LogP contribution in [0.3, 0.4) is 0 Å². The highest BCUT2D eigenvalue weighted by Crippen LogP contribution is 2.20. The minimum atomic E-state index is -2.99. The van der Waals surface area contributed by atoms with Crippen LogP contribution in [0.1, 0.15) is 10.4 Å². The molecule has 0 unspecified atom stereocenters. The van der Waals surface area contributed by atoms with Gasteiger partial charge in [0.05, 0.1) is 17.1 Å². The van der Waals surface area contributed by atoms with E-state index in [4.69, 9.17) is 5.73 Å². The lowest BCUT2D eigenvalue weighted by Crippen LogP contribution is -2.43. The molecule has 2 N–H and O–H groups in total. The Morgan fingerprint density at radius 3 is 2.61 bits per heavy atom. The van der Waals surface area contributed by atoms with Crippen molar-refractivity contribution in [2.75, 3.05) is 30.3 Å². The van der Waals surface area contributed by atoms with Gasteiger partial charge in [0.25, 0.3) is 5.91 Å². The number of hydrogen-bond acceptors (Lipinski definition) is 5. The molecule has 0 bridgehead atoms. The highest BCUT2D eigenvalue weighted by Gasteiger charge is 2.26. The van der Waals surface area contributed by atoms with Crippen LogP contribution in [0.2, 0.25) is 0 Å². The van der Waals surface area contributed by atoms with E-state index in [-0.39, 0.29) is 36.3 Å². The van der Waals surface area contributed by atoms with Gasteiger partial charge in [-0.1, -0.05) is 0 Å². The Hall–Kier alpha value is -1.15. The van der Waals surface area contributed by atoms with Crippen LogP contribution >= 0.6 is 15.9 Å². The van der Waals surface area contributed by atoms with Crippen molar-refractivity contribution in [2.24, 2.45) is 0 Å². The Morgan fingerprint density at radius 1 is 1.39 bits per heavy atom. The lowest BCUT2D eigenvalue weighted by Gasteiger charge is -2.27. The second-order valence-electron chi connectivity index (χ2n) is 4.03. The summed E-state index contributed by atoms with van der Waals surface area (Å²) in [5.74, 6) is 0.0467. The molecule has 1 amide bonds. The number of carbonyl (C=O) groups is 1. The summed E-state index contributed by atoms with van der Waals surface area (Å²) >= 11 is 3.24. The number of halogens is 1.